The summed E-state index contributed by atoms with van der Waals surface area (Å²) >= 11 is 0. The molecule has 0 saturated heterocycles. The molecule has 10 nitrogen and oxygen atoms in total. The van der Waals surface area contributed by atoms with Crippen LogP contribution in [0.4, 0.5) is 5.69 Å². The highest BCUT2D eigenvalue weighted by molar-refractivity contribution is 7.86. The van der Waals surface area contributed by atoms with Crippen LogP contribution in [0.5, 0.6) is 11.5 Å². The third-order valence-electron chi connectivity index (χ3n) is 2.73. The van der Waals surface area contributed by atoms with E-state index in [-0.39, 0.29) is 0 Å². The van der Waals surface area contributed by atoms with E-state index in [1.54, 1.807) is 0 Å². The minimum atomic E-state index is -5.13. The molecule has 23 heavy (non-hydrogen) atoms. The Morgan fingerprint density at radius 2 is 1.87 bits per heavy atom. The molecular weight excluding hydrogens is 334 g/mol. The Morgan fingerprint density at radius 1 is 1.35 bits per heavy atom. The van der Waals surface area contributed by atoms with Gasteiger partial charge in [0.25, 0.3) is 15.8 Å². The Balaban J connectivity index is 3.52. The van der Waals surface area contributed by atoms with Crippen molar-refractivity contribution in [3.05, 3.63) is 21.7 Å². The van der Waals surface area contributed by atoms with E-state index in [9.17, 15) is 33.5 Å². The maximum atomic E-state index is 11.7. The highest BCUT2D eigenvalue weighted by Crippen LogP contribution is 2.41. The molecule has 0 aliphatic rings. The third-order valence-corrected chi connectivity index (χ3v) is 3.68. The van der Waals surface area contributed by atoms with Gasteiger partial charge in [0, 0.05) is 0 Å². The Labute approximate surface area is 131 Å². The molecule has 1 aromatic rings. The molecule has 1 rings (SSSR count). The lowest BCUT2D eigenvalue weighted by Crippen LogP contribution is -2.23. The van der Waals surface area contributed by atoms with Crippen LogP contribution in [0.1, 0.15) is 26.3 Å². The van der Waals surface area contributed by atoms with E-state index >= 15 is 0 Å². The number of ether oxygens (including phenoxy) is 1. The number of esters is 1. The van der Waals surface area contributed by atoms with Gasteiger partial charge in [0.05, 0.1) is 22.0 Å². The standard InChI is InChI=1S/C12H15NO9S/c1-12(2,3)11(16)22-5-6-7(13(17)18)4-8(14)9(15)10(6)23(19,20)21/h4,14-15H,5H2,1-3H3,(H,19,20,21). The number of carbonyl (C=O) groups excluding carboxylic acids is 1. The van der Waals surface area contributed by atoms with Crippen LogP contribution in [-0.4, -0.2) is 34.1 Å². The largest absolute Gasteiger partial charge is 0.504 e. The topological polar surface area (TPSA) is 164 Å². The predicted octanol–water partition coefficient (Wildman–Crippen LogP) is 1.34. The van der Waals surface area contributed by atoms with Crippen molar-refractivity contribution in [1.82, 2.24) is 0 Å². The minimum Gasteiger partial charge on any atom is -0.504 e. The molecular formula is C12H15NO9S. The SMILES string of the molecule is CC(C)(C)C(=O)OCc1c([N+](=O)[O-])cc(O)c(O)c1S(=O)(=O)O. The first-order valence-corrected chi connectivity index (χ1v) is 7.57. The summed E-state index contributed by atoms with van der Waals surface area (Å²) < 4.78 is 36.7. The number of nitro groups is 1. The van der Waals surface area contributed by atoms with E-state index in [4.69, 9.17) is 9.29 Å². The molecule has 0 aliphatic heterocycles. The van der Waals surface area contributed by atoms with Gasteiger partial charge in [-0.3, -0.25) is 19.5 Å². The molecule has 0 aliphatic carbocycles. The molecule has 128 valence electrons. The molecule has 0 aromatic heterocycles. The molecule has 0 spiro atoms. The number of phenolic OH excluding ortho intramolecular Hbond substituents is 2. The third kappa shape index (κ3) is 4.07. The van der Waals surface area contributed by atoms with E-state index in [1.807, 2.05) is 0 Å². The number of nitro benzene ring substituents is 1. The van der Waals surface area contributed by atoms with Crippen molar-refractivity contribution < 1.29 is 37.6 Å². The molecule has 0 radical (unpaired) electrons. The van der Waals surface area contributed by atoms with E-state index < -0.39 is 60.7 Å². The van der Waals surface area contributed by atoms with Gasteiger partial charge in [-0.05, 0) is 20.8 Å². The number of aromatic hydroxyl groups is 2. The van der Waals surface area contributed by atoms with Crippen molar-refractivity contribution in [3.63, 3.8) is 0 Å². The molecule has 11 heteroatoms. The summed E-state index contributed by atoms with van der Waals surface area (Å²) in [5.41, 5.74) is -2.66. The molecule has 0 saturated carbocycles. The summed E-state index contributed by atoms with van der Waals surface area (Å²) in [6.07, 6.45) is 0. The van der Waals surface area contributed by atoms with E-state index in [0.717, 1.165) is 0 Å². The first-order chi connectivity index (χ1) is 10.3. The number of rotatable bonds is 4. The fraction of sp³-hybridized carbons (Fsp3) is 0.417. The van der Waals surface area contributed by atoms with Gasteiger partial charge >= 0.3 is 5.97 Å². The van der Waals surface area contributed by atoms with Crippen molar-refractivity contribution in [2.45, 2.75) is 32.3 Å². The van der Waals surface area contributed by atoms with E-state index in [0.29, 0.717) is 6.07 Å². The summed E-state index contributed by atoms with van der Waals surface area (Å²) in [4.78, 5) is 20.4. The number of nitrogens with zero attached hydrogens (tertiary/aromatic N) is 1. The maximum absolute atomic E-state index is 11.7. The second-order valence-electron chi connectivity index (χ2n) is 5.63. The van der Waals surface area contributed by atoms with E-state index in [2.05, 4.69) is 0 Å². The van der Waals surface area contributed by atoms with Gasteiger partial charge in [-0.1, -0.05) is 0 Å². The van der Waals surface area contributed by atoms with Crippen LogP contribution in [0.25, 0.3) is 0 Å². The fourth-order valence-corrected chi connectivity index (χ4v) is 2.42. The van der Waals surface area contributed by atoms with Crippen molar-refractivity contribution in [2.75, 3.05) is 0 Å². The van der Waals surface area contributed by atoms with E-state index in [1.165, 1.54) is 20.8 Å². The van der Waals surface area contributed by atoms with Crippen LogP contribution < -0.4 is 0 Å². The molecule has 1 aromatic carbocycles. The number of carbonyl (C=O) groups is 1. The normalized spacial score (nSPS) is 12.0. The van der Waals surface area contributed by atoms with Gasteiger partial charge in [-0.25, -0.2) is 0 Å². The molecule has 0 heterocycles. The molecule has 0 amide bonds. The Kier molecular flexibility index (Phi) is 4.87. The van der Waals surface area contributed by atoms with Gasteiger partial charge in [0.15, 0.2) is 16.4 Å². The highest BCUT2D eigenvalue weighted by Gasteiger charge is 2.33. The van der Waals surface area contributed by atoms with Crippen LogP contribution in [-0.2, 0) is 26.3 Å². The molecule has 0 unspecified atom stereocenters. The van der Waals surface area contributed by atoms with Crippen LogP contribution in [0, 0.1) is 15.5 Å². The molecule has 0 fully saturated rings. The predicted molar refractivity (Wildman–Crippen MR) is 75.5 cm³/mol. The number of benzene rings is 1. The van der Waals surface area contributed by atoms with Crippen LogP contribution in [0.3, 0.4) is 0 Å². The first kappa shape index (κ1) is 18.6. The molecule has 0 atom stereocenters. The minimum absolute atomic E-state index is 0.490. The summed E-state index contributed by atoms with van der Waals surface area (Å²) in [5, 5.41) is 30.0. The number of hydrogen-bond acceptors (Lipinski definition) is 8. The quantitative estimate of drug-likeness (QED) is 0.239. The van der Waals surface area contributed by atoms with Gasteiger partial charge in [0.1, 0.15) is 6.61 Å². The maximum Gasteiger partial charge on any atom is 0.311 e. The lowest BCUT2D eigenvalue weighted by Gasteiger charge is -2.17. The lowest BCUT2D eigenvalue weighted by atomic mass is 9.97. The fourth-order valence-electron chi connectivity index (χ4n) is 1.60. The zero-order valence-electron chi connectivity index (χ0n) is 12.4. The van der Waals surface area contributed by atoms with Gasteiger partial charge in [-0.15, -0.1) is 0 Å². The summed E-state index contributed by atoms with van der Waals surface area (Å²) in [7, 11) is -5.13. The van der Waals surface area contributed by atoms with Crippen LogP contribution in [0.2, 0.25) is 0 Å². The van der Waals surface area contributed by atoms with Gasteiger partial charge in [0.2, 0.25) is 0 Å². The Morgan fingerprint density at radius 3 is 2.26 bits per heavy atom. The first-order valence-electron chi connectivity index (χ1n) is 6.13. The Bertz CT molecular complexity index is 762. The monoisotopic (exact) mass is 349 g/mol. The highest BCUT2D eigenvalue weighted by atomic mass is 32.2. The van der Waals surface area contributed by atoms with Crippen molar-refractivity contribution in [3.8, 4) is 11.5 Å². The second kappa shape index (κ2) is 6.01. The summed E-state index contributed by atoms with van der Waals surface area (Å²) in [6.45, 7) is 3.61. The number of hydrogen-bond donors (Lipinski definition) is 3. The lowest BCUT2D eigenvalue weighted by molar-refractivity contribution is -0.386. The van der Waals surface area contributed by atoms with Crippen molar-refractivity contribution in [1.29, 1.82) is 0 Å². The van der Waals surface area contributed by atoms with Crippen molar-refractivity contribution >= 4 is 21.8 Å². The van der Waals surface area contributed by atoms with Crippen molar-refractivity contribution in [2.24, 2.45) is 5.41 Å². The molecule has 3 N–H and O–H groups in total. The summed E-state index contributed by atoms with van der Waals surface area (Å²) in [5.74, 6) is -3.18. The van der Waals surface area contributed by atoms with Crippen LogP contribution in [0.15, 0.2) is 11.0 Å². The zero-order chi connectivity index (χ0) is 18.2. The number of phenols is 2. The average Bonchev–Trinajstić information content (AvgIpc) is 2.35. The van der Waals surface area contributed by atoms with Crippen LogP contribution >= 0.6 is 0 Å². The zero-order valence-corrected chi connectivity index (χ0v) is 13.2. The van der Waals surface area contributed by atoms with Gasteiger partial charge in [-0.2, -0.15) is 8.42 Å². The average molecular weight is 349 g/mol. The smallest absolute Gasteiger partial charge is 0.311 e. The second-order valence-corrected chi connectivity index (χ2v) is 6.99. The van der Waals surface area contributed by atoms with Gasteiger partial charge < -0.3 is 14.9 Å². The Hall–Kier alpha value is -2.40. The molecule has 0 bridgehead atoms. The summed E-state index contributed by atoms with van der Waals surface area (Å²) in [6, 6.07) is 0.490.